The standard InChI is InChI=1S/C5H19NSi3/c1-8(2)6(7)9(3,4)5/h8H,1-5,7H3. The highest BCUT2D eigenvalue weighted by atomic mass is 28.4. The molecule has 0 heterocycles. The summed E-state index contributed by atoms with van der Waals surface area (Å²) in [7, 11) is -0.0104. The van der Waals surface area contributed by atoms with Gasteiger partial charge < -0.3 is 3.90 Å². The quantitative estimate of drug-likeness (QED) is 0.552. The highest BCUT2D eigenvalue weighted by Crippen LogP contribution is 2.06. The molecule has 0 bridgehead atoms. The van der Waals surface area contributed by atoms with E-state index in [9.17, 15) is 0 Å². The summed E-state index contributed by atoms with van der Waals surface area (Å²) >= 11 is 0. The lowest BCUT2D eigenvalue weighted by Gasteiger charge is -2.33. The molecule has 9 heavy (non-hydrogen) atoms. The van der Waals surface area contributed by atoms with Crippen molar-refractivity contribution in [3.8, 4) is 0 Å². The summed E-state index contributed by atoms with van der Waals surface area (Å²) < 4.78 is 2.77. The number of rotatable bonds is 2. The maximum absolute atomic E-state index is 2.77. The second-order valence-electron chi connectivity index (χ2n) is 3.88. The predicted molar refractivity (Wildman–Crippen MR) is 54.0 cm³/mol. The molecule has 1 nitrogen and oxygen atoms in total. The molecule has 0 unspecified atom stereocenters. The van der Waals surface area contributed by atoms with Crippen molar-refractivity contribution < 1.29 is 0 Å². The first kappa shape index (κ1) is 9.61. The van der Waals surface area contributed by atoms with Crippen LogP contribution in [0.4, 0.5) is 0 Å². The number of nitrogens with zero attached hydrogens (tertiary/aromatic N) is 1. The van der Waals surface area contributed by atoms with Crippen LogP contribution in [-0.2, 0) is 0 Å². The molecule has 0 N–H and O–H groups in total. The summed E-state index contributed by atoms with van der Waals surface area (Å²) in [6.45, 7) is 12.2. The molecule has 0 aromatic heterocycles. The van der Waals surface area contributed by atoms with Crippen LogP contribution in [0.25, 0.3) is 0 Å². The zero-order valence-corrected chi connectivity index (χ0v) is 11.7. The third-order valence-electron chi connectivity index (χ3n) is 1.83. The lowest BCUT2D eigenvalue weighted by molar-refractivity contribution is 1.01. The van der Waals surface area contributed by atoms with E-state index in [1.807, 2.05) is 0 Å². The van der Waals surface area contributed by atoms with Gasteiger partial charge in [-0.05, 0) is 0 Å². The van der Waals surface area contributed by atoms with Crippen LogP contribution in [0.15, 0.2) is 0 Å². The molecule has 0 rings (SSSR count). The van der Waals surface area contributed by atoms with Crippen molar-refractivity contribution in [3.05, 3.63) is 0 Å². The first-order chi connectivity index (χ1) is 3.85. The first-order valence-corrected chi connectivity index (χ1v) is 10.8. The fraction of sp³-hybridized carbons (Fsp3) is 1.00. The van der Waals surface area contributed by atoms with Gasteiger partial charge in [-0.1, -0.05) is 32.7 Å². The van der Waals surface area contributed by atoms with Gasteiger partial charge in [-0.15, -0.1) is 0 Å². The van der Waals surface area contributed by atoms with Crippen molar-refractivity contribution in [1.29, 1.82) is 0 Å². The van der Waals surface area contributed by atoms with E-state index in [4.69, 9.17) is 0 Å². The molecule has 4 heteroatoms. The molecule has 0 amide bonds. The summed E-state index contributed by atoms with van der Waals surface area (Å²) in [5, 5.41) is 0. The minimum absolute atomic E-state index is 0.433. The van der Waals surface area contributed by atoms with E-state index in [1.165, 1.54) is 10.4 Å². The van der Waals surface area contributed by atoms with E-state index in [-0.39, 0.29) is 0 Å². The molecular formula is C5H19NSi3. The molecular weight excluding hydrogens is 158 g/mol. The smallest absolute Gasteiger partial charge is 0.105 e. The van der Waals surface area contributed by atoms with Crippen LogP contribution >= 0.6 is 0 Å². The van der Waals surface area contributed by atoms with Crippen LogP contribution in [0.2, 0.25) is 32.7 Å². The van der Waals surface area contributed by atoms with Crippen LogP contribution in [-0.4, -0.2) is 31.5 Å². The molecule has 0 spiro atoms. The largest absolute Gasteiger partial charge is 0.378 e. The zero-order chi connectivity index (χ0) is 7.65. The van der Waals surface area contributed by atoms with Crippen molar-refractivity contribution in [3.63, 3.8) is 0 Å². The summed E-state index contributed by atoms with van der Waals surface area (Å²) in [6.07, 6.45) is 0. The molecule has 0 radical (unpaired) electrons. The van der Waals surface area contributed by atoms with Gasteiger partial charge in [-0.3, -0.25) is 0 Å². The molecule has 0 aliphatic heterocycles. The van der Waals surface area contributed by atoms with Crippen LogP contribution in [0, 0.1) is 0 Å². The zero-order valence-electron chi connectivity index (χ0n) is 7.52. The Morgan fingerprint density at radius 1 is 1.22 bits per heavy atom. The fourth-order valence-corrected chi connectivity index (χ4v) is 6.97. The SMILES string of the molecule is C[SiH](C)N([SiH3])[Si](C)(C)C. The topological polar surface area (TPSA) is 3.24 Å². The second kappa shape index (κ2) is 3.14. The predicted octanol–water partition coefficient (Wildman–Crippen LogP) is 0.387. The van der Waals surface area contributed by atoms with E-state index in [0.29, 0.717) is 0 Å². The lowest BCUT2D eigenvalue weighted by atomic mass is 11.8. The highest BCUT2D eigenvalue weighted by Gasteiger charge is 2.21. The van der Waals surface area contributed by atoms with Gasteiger partial charge in [0.05, 0.1) is 19.4 Å². The van der Waals surface area contributed by atoms with Gasteiger partial charge in [-0.2, -0.15) is 0 Å². The first-order valence-electron chi connectivity index (χ1n) is 3.58. The molecule has 0 aromatic rings. The van der Waals surface area contributed by atoms with Crippen molar-refractivity contribution in [1.82, 2.24) is 3.90 Å². The minimum Gasteiger partial charge on any atom is -0.378 e. The number of hydrogen-bond donors (Lipinski definition) is 0. The maximum atomic E-state index is 2.77. The maximum Gasteiger partial charge on any atom is 0.105 e. The summed E-state index contributed by atoms with van der Waals surface area (Å²) in [6, 6.07) is 0. The van der Waals surface area contributed by atoms with Gasteiger partial charge in [0.25, 0.3) is 0 Å². The Morgan fingerprint density at radius 2 is 1.56 bits per heavy atom. The monoisotopic (exact) mass is 177 g/mol. The van der Waals surface area contributed by atoms with Crippen molar-refractivity contribution in [2.45, 2.75) is 32.7 Å². The van der Waals surface area contributed by atoms with E-state index >= 15 is 0 Å². The van der Waals surface area contributed by atoms with Gasteiger partial charge >= 0.3 is 0 Å². The Morgan fingerprint density at radius 3 is 1.56 bits per heavy atom. The minimum atomic E-state index is -0.867. The summed E-state index contributed by atoms with van der Waals surface area (Å²) in [5.74, 6) is 0. The molecule has 0 atom stereocenters. The average molecular weight is 177 g/mol. The molecule has 0 saturated carbocycles. The highest BCUT2D eigenvalue weighted by molar-refractivity contribution is 6.87. The number of hydrogen-bond acceptors (Lipinski definition) is 1. The van der Waals surface area contributed by atoms with E-state index in [0.717, 1.165) is 0 Å². The van der Waals surface area contributed by atoms with Crippen molar-refractivity contribution in [2.75, 3.05) is 0 Å². The van der Waals surface area contributed by atoms with Crippen LogP contribution in [0.1, 0.15) is 0 Å². The Labute approximate surface area is 64.7 Å². The molecule has 56 valence electrons. The average Bonchev–Trinajstić information content (AvgIpc) is 1.62. The van der Waals surface area contributed by atoms with Crippen molar-refractivity contribution in [2.24, 2.45) is 0 Å². The molecule has 0 fully saturated rings. The van der Waals surface area contributed by atoms with Crippen LogP contribution in [0.3, 0.4) is 0 Å². The van der Waals surface area contributed by atoms with Gasteiger partial charge in [-0.25, -0.2) is 0 Å². The fourth-order valence-electron chi connectivity index (χ4n) is 0.775. The normalized spacial score (nSPS) is 13.7. The van der Waals surface area contributed by atoms with E-state index in [1.54, 1.807) is 0 Å². The van der Waals surface area contributed by atoms with Gasteiger partial charge in [0.1, 0.15) is 8.24 Å². The molecule has 0 aliphatic carbocycles. The molecule has 0 aromatic carbocycles. The Hall–Kier alpha value is 0.611. The van der Waals surface area contributed by atoms with Gasteiger partial charge in [0, 0.05) is 0 Å². The summed E-state index contributed by atoms with van der Waals surface area (Å²) in [5.41, 5.74) is 0. The lowest BCUT2D eigenvalue weighted by Crippen LogP contribution is -2.50. The van der Waals surface area contributed by atoms with E-state index in [2.05, 4.69) is 36.6 Å². The second-order valence-corrected chi connectivity index (χ2v) is 15.3. The van der Waals surface area contributed by atoms with E-state index < -0.39 is 17.2 Å². The Balaban J connectivity index is 3.88. The van der Waals surface area contributed by atoms with Crippen LogP contribution in [0.5, 0.6) is 0 Å². The van der Waals surface area contributed by atoms with Crippen LogP contribution < -0.4 is 0 Å². The van der Waals surface area contributed by atoms with Gasteiger partial charge in [0.15, 0.2) is 0 Å². The van der Waals surface area contributed by atoms with Crippen molar-refractivity contribution >= 4 is 27.6 Å². The third kappa shape index (κ3) is 3.34. The van der Waals surface area contributed by atoms with Gasteiger partial charge in [0.2, 0.25) is 0 Å². The Bertz CT molecular complexity index is 86.7. The summed E-state index contributed by atoms with van der Waals surface area (Å²) in [4.78, 5) is 0. The molecule has 0 saturated heterocycles. The third-order valence-corrected chi connectivity index (χ3v) is 16.5. The molecule has 0 aliphatic rings. The Kier molecular flexibility index (Phi) is 3.35.